The number of carbonyl (C=O) groups is 1. The Morgan fingerprint density at radius 2 is 2.12 bits per heavy atom. The van der Waals surface area contributed by atoms with Crippen LogP contribution in [0.2, 0.25) is 0 Å². The highest BCUT2D eigenvalue weighted by Crippen LogP contribution is 2.29. The number of aromatic nitrogens is 1. The molecule has 84 valence electrons. The van der Waals surface area contributed by atoms with Crippen molar-refractivity contribution in [1.29, 1.82) is 0 Å². The van der Waals surface area contributed by atoms with Crippen LogP contribution in [0, 0.1) is 11.6 Å². The predicted octanol–water partition coefficient (Wildman–Crippen LogP) is 2.15. The molecule has 0 aliphatic rings. The Labute approximate surface area is 88.5 Å². The van der Waals surface area contributed by atoms with Crippen molar-refractivity contribution in [2.75, 3.05) is 7.11 Å². The van der Waals surface area contributed by atoms with Gasteiger partial charge in [-0.1, -0.05) is 0 Å². The van der Waals surface area contributed by atoms with E-state index < -0.39 is 23.4 Å². The maximum atomic E-state index is 13.6. The lowest BCUT2D eigenvalue weighted by Gasteiger charge is -2.03. The van der Waals surface area contributed by atoms with Gasteiger partial charge in [0, 0.05) is 5.39 Å². The van der Waals surface area contributed by atoms with Crippen LogP contribution in [-0.2, 0) is 0 Å². The minimum atomic E-state index is -1.24. The Balaban J connectivity index is 2.78. The summed E-state index contributed by atoms with van der Waals surface area (Å²) in [4.78, 5) is 13.0. The molecule has 0 aliphatic heterocycles. The average Bonchev–Trinajstić information content (AvgIpc) is 2.62. The molecule has 0 amide bonds. The van der Waals surface area contributed by atoms with Gasteiger partial charge in [-0.15, -0.1) is 0 Å². The molecule has 2 rings (SSSR count). The Morgan fingerprint density at radius 1 is 1.44 bits per heavy atom. The molecule has 2 N–H and O–H groups in total. The number of carboxylic acid groups (broad SMARTS) is 1. The van der Waals surface area contributed by atoms with E-state index in [0.29, 0.717) is 0 Å². The van der Waals surface area contributed by atoms with Gasteiger partial charge in [0.25, 0.3) is 0 Å². The fraction of sp³-hybridized carbons (Fsp3) is 0.100. The van der Waals surface area contributed by atoms with Gasteiger partial charge >= 0.3 is 5.97 Å². The fourth-order valence-corrected chi connectivity index (χ4v) is 1.49. The number of hydrogen-bond acceptors (Lipinski definition) is 2. The minimum absolute atomic E-state index is 0.0874. The Hall–Kier alpha value is -2.11. The molecule has 0 spiro atoms. The monoisotopic (exact) mass is 227 g/mol. The van der Waals surface area contributed by atoms with Crippen LogP contribution in [0.4, 0.5) is 8.78 Å². The average molecular weight is 227 g/mol. The van der Waals surface area contributed by atoms with E-state index in [-0.39, 0.29) is 16.6 Å². The zero-order valence-electron chi connectivity index (χ0n) is 8.17. The number of fused-ring (bicyclic) bond motifs is 1. The van der Waals surface area contributed by atoms with Gasteiger partial charge in [0.2, 0.25) is 0 Å². The summed E-state index contributed by atoms with van der Waals surface area (Å²) in [6.07, 6.45) is 0. The molecule has 0 unspecified atom stereocenters. The number of aromatic carboxylic acids is 1. The van der Waals surface area contributed by atoms with E-state index in [1.54, 1.807) is 0 Å². The minimum Gasteiger partial charge on any atom is -0.491 e. The molecule has 6 heteroatoms. The first-order valence-electron chi connectivity index (χ1n) is 4.32. The van der Waals surface area contributed by atoms with Crippen LogP contribution in [-0.4, -0.2) is 23.2 Å². The fourth-order valence-electron chi connectivity index (χ4n) is 1.49. The lowest BCUT2D eigenvalue weighted by molar-refractivity contribution is 0.0691. The molecule has 0 fully saturated rings. The number of aromatic amines is 1. The second-order valence-electron chi connectivity index (χ2n) is 3.16. The molecule has 0 aliphatic carbocycles. The number of H-pyrrole nitrogens is 1. The molecule has 1 aromatic heterocycles. The first-order chi connectivity index (χ1) is 7.54. The smallest absolute Gasteiger partial charge is 0.352 e. The number of benzene rings is 1. The number of rotatable bonds is 2. The molecule has 4 nitrogen and oxygen atoms in total. The van der Waals surface area contributed by atoms with Crippen molar-refractivity contribution < 1.29 is 23.4 Å². The van der Waals surface area contributed by atoms with Gasteiger partial charge in [0.05, 0.1) is 12.6 Å². The van der Waals surface area contributed by atoms with Crippen molar-refractivity contribution in [3.63, 3.8) is 0 Å². The van der Waals surface area contributed by atoms with Gasteiger partial charge < -0.3 is 14.8 Å². The molecular formula is C10H7F2NO3. The summed E-state index contributed by atoms with van der Waals surface area (Å²) < 4.78 is 31.4. The predicted molar refractivity (Wildman–Crippen MR) is 51.7 cm³/mol. The normalized spacial score (nSPS) is 10.7. The molecule has 0 saturated carbocycles. The summed E-state index contributed by atoms with van der Waals surface area (Å²) in [5.41, 5.74) is -0.294. The summed E-state index contributed by atoms with van der Waals surface area (Å²) >= 11 is 0. The highest BCUT2D eigenvalue weighted by Gasteiger charge is 2.18. The first-order valence-corrected chi connectivity index (χ1v) is 4.32. The van der Waals surface area contributed by atoms with Crippen LogP contribution >= 0.6 is 0 Å². The summed E-state index contributed by atoms with van der Waals surface area (Å²) in [5, 5.41) is 8.84. The van der Waals surface area contributed by atoms with Crippen molar-refractivity contribution >= 4 is 16.9 Å². The van der Waals surface area contributed by atoms with Gasteiger partial charge in [-0.05, 0) is 12.1 Å². The maximum Gasteiger partial charge on any atom is 0.352 e. The van der Waals surface area contributed by atoms with E-state index >= 15 is 0 Å². The molecular weight excluding hydrogens is 220 g/mol. The lowest BCUT2D eigenvalue weighted by atomic mass is 10.2. The van der Waals surface area contributed by atoms with E-state index in [1.165, 1.54) is 0 Å². The van der Waals surface area contributed by atoms with Gasteiger partial charge in [-0.25, -0.2) is 13.6 Å². The number of carboxylic acids is 1. The summed E-state index contributed by atoms with van der Waals surface area (Å²) in [6, 6.07) is 2.17. The molecule has 2 aromatic rings. The summed E-state index contributed by atoms with van der Waals surface area (Å²) in [5.74, 6) is -3.59. The maximum absolute atomic E-state index is 13.6. The largest absolute Gasteiger partial charge is 0.491 e. The molecule has 0 radical (unpaired) electrons. The summed E-state index contributed by atoms with van der Waals surface area (Å²) in [7, 11) is 1.13. The molecule has 1 aromatic carbocycles. The number of halogens is 2. The molecule has 0 bridgehead atoms. The van der Waals surface area contributed by atoms with Crippen LogP contribution in [0.3, 0.4) is 0 Å². The molecule has 16 heavy (non-hydrogen) atoms. The topological polar surface area (TPSA) is 62.3 Å². The van der Waals surface area contributed by atoms with Gasteiger partial charge in [-0.2, -0.15) is 0 Å². The number of hydrogen-bond donors (Lipinski definition) is 2. The van der Waals surface area contributed by atoms with Crippen molar-refractivity contribution in [3.05, 3.63) is 29.5 Å². The number of ether oxygens (including phenoxy) is 1. The van der Waals surface area contributed by atoms with Gasteiger partial charge in [-0.3, -0.25) is 0 Å². The zero-order chi connectivity index (χ0) is 11.9. The highest BCUT2D eigenvalue weighted by molar-refractivity contribution is 5.94. The van der Waals surface area contributed by atoms with Gasteiger partial charge in [0.15, 0.2) is 17.4 Å². The standard InChI is InChI=1S/C10H7F2NO3/c1-16-9-5(11)2-4-3-6(10(14)15)13-8(4)7(9)12/h2-3,13H,1H3,(H,14,15). The molecule has 0 saturated heterocycles. The summed E-state index contributed by atoms with van der Waals surface area (Å²) in [6.45, 7) is 0. The third-order valence-electron chi connectivity index (χ3n) is 2.20. The number of nitrogens with one attached hydrogen (secondary N) is 1. The van der Waals surface area contributed by atoms with Crippen molar-refractivity contribution in [2.45, 2.75) is 0 Å². The van der Waals surface area contributed by atoms with Crippen LogP contribution < -0.4 is 4.74 Å². The lowest BCUT2D eigenvalue weighted by Crippen LogP contribution is -1.96. The number of methoxy groups -OCH3 is 1. The third kappa shape index (κ3) is 1.39. The SMILES string of the molecule is COc1c(F)cc2cc(C(=O)O)[nH]c2c1F. The van der Waals surface area contributed by atoms with Crippen molar-refractivity contribution in [2.24, 2.45) is 0 Å². The second kappa shape index (κ2) is 3.48. The van der Waals surface area contributed by atoms with E-state index in [4.69, 9.17) is 5.11 Å². The highest BCUT2D eigenvalue weighted by atomic mass is 19.1. The second-order valence-corrected chi connectivity index (χ2v) is 3.16. The van der Waals surface area contributed by atoms with Crippen molar-refractivity contribution in [1.82, 2.24) is 4.98 Å². The van der Waals surface area contributed by atoms with Crippen LogP contribution in [0.25, 0.3) is 10.9 Å². The third-order valence-corrected chi connectivity index (χ3v) is 2.20. The van der Waals surface area contributed by atoms with E-state index in [1.807, 2.05) is 0 Å². The Kier molecular flexibility index (Phi) is 2.26. The Bertz CT molecular complexity index is 577. The van der Waals surface area contributed by atoms with Crippen molar-refractivity contribution in [3.8, 4) is 5.75 Å². The van der Waals surface area contributed by atoms with E-state index in [9.17, 15) is 13.6 Å². The Morgan fingerprint density at radius 3 is 2.69 bits per heavy atom. The van der Waals surface area contributed by atoms with Crippen LogP contribution in [0.1, 0.15) is 10.5 Å². The van der Waals surface area contributed by atoms with E-state index in [0.717, 1.165) is 19.2 Å². The van der Waals surface area contributed by atoms with E-state index in [2.05, 4.69) is 9.72 Å². The van der Waals surface area contributed by atoms with Crippen LogP contribution in [0.5, 0.6) is 5.75 Å². The molecule has 1 heterocycles. The van der Waals surface area contributed by atoms with Crippen LogP contribution in [0.15, 0.2) is 12.1 Å². The molecule has 0 atom stereocenters. The first kappa shape index (κ1) is 10.4. The van der Waals surface area contributed by atoms with Gasteiger partial charge in [0.1, 0.15) is 5.69 Å². The quantitative estimate of drug-likeness (QED) is 0.826. The zero-order valence-corrected chi connectivity index (χ0v) is 8.17.